The molecule has 4 nitrogen and oxygen atoms in total. The highest BCUT2D eigenvalue weighted by molar-refractivity contribution is 9.10. The van der Waals surface area contributed by atoms with Gasteiger partial charge in [0.25, 0.3) is 5.91 Å². The molecule has 0 atom stereocenters. The zero-order valence-corrected chi connectivity index (χ0v) is 13.5. The van der Waals surface area contributed by atoms with E-state index in [0.29, 0.717) is 22.7 Å². The Labute approximate surface area is 132 Å². The standard InChI is InChI=1S/C16H17BrN2O2/c1-10(2)21-15-6-4-3-5-14(15)19-16(20)12-9-11(17)7-8-13(12)18/h3-10H,18H2,1-2H3,(H,19,20). The normalized spacial score (nSPS) is 10.5. The Morgan fingerprint density at radius 3 is 2.67 bits per heavy atom. The highest BCUT2D eigenvalue weighted by atomic mass is 79.9. The lowest BCUT2D eigenvalue weighted by Gasteiger charge is -2.15. The van der Waals surface area contributed by atoms with Crippen LogP contribution in [0.5, 0.6) is 5.75 Å². The Hall–Kier alpha value is -2.01. The summed E-state index contributed by atoms with van der Waals surface area (Å²) in [6.45, 7) is 3.87. The lowest BCUT2D eigenvalue weighted by Crippen LogP contribution is -2.16. The van der Waals surface area contributed by atoms with E-state index in [4.69, 9.17) is 10.5 Å². The highest BCUT2D eigenvalue weighted by Gasteiger charge is 2.13. The van der Waals surface area contributed by atoms with E-state index in [1.807, 2.05) is 32.0 Å². The largest absolute Gasteiger partial charge is 0.489 e. The molecule has 0 radical (unpaired) electrons. The van der Waals surface area contributed by atoms with Crippen LogP contribution in [0.25, 0.3) is 0 Å². The summed E-state index contributed by atoms with van der Waals surface area (Å²) in [4.78, 5) is 12.4. The average molecular weight is 349 g/mol. The van der Waals surface area contributed by atoms with E-state index < -0.39 is 0 Å². The topological polar surface area (TPSA) is 64.3 Å². The molecule has 0 aromatic heterocycles. The number of carbonyl (C=O) groups excluding carboxylic acids is 1. The minimum absolute atomic E-state index is 0.0268. The summed E-state index contributed by atoms with van der Waals surface area (Å²) < 4.78 is 6.48. The van der Waals surface area contributed by atoms with Gasteiger partial charge in [-0.3, -0.25) is 4.79 Å². The fourth-order valence-electron chi connectivity index (χ4n) is 1.84. The molecule has 0 aliphatic rings. The number of nitrogen functional groups attached to an aromatic ring is 1. The Balaban J connectivity index is 2.25. The van der Waals surface area contributed by atoms with E-state index in [2.05, 4.69) is 21.2 Å². The Bertz CT molecular complexity index is 656. The number of rotatable bonds is 4. The molecule has 1 amide bonds. The first kappa shape index (κ1) is 15.4. The van der Waals surface area contributed by atoms with E-state index in [0.717, 1.165) is 4.47 Å². The zero-order chi connectivity index (χ0) is 15.4. The molecule has 0 bridgehead atoms. The number of ether oxygens (including phenoxy) is 1. The minimum Gasteiger partial charge on any atom is -0.489 e. The molecule has 2 aromatic carbocycles. The summed E-state index contributed by atoms with van der Waals surface area (Å²) in [6.07, 6.45) is 0.0268. The van der Waals surface area contributed by atoms with Gasteiger partial charge in [0.15, 0.2) is 0 Å². The van der Waals surface area contributed by atoms with Crippen LogP contribution in [-0.4, -0.2) is 12.0 Å². The molecule has 0 heterocycles. The van der Waals surface area contributed by atoms with Gasteiger partial charge < -0.3 is 15.8 Å². The quantitative estimate of drug-likeness (QED) is 0.818. The first-order chi connectivity index (χ1) is 9.97. The van der Waals surface area contributed by atoms with E-state index in [1.54, 1.807) is 24.3 Å². The maximum Gasteiger partial charge on any atom is 0.257 e. The molecular formula is C16H17BrN2O2. The van der Waals surface area contributed by atoms with Gasteiger partial charge >= 0.3 is 0 Å². The second-order valence-electron chi connectivity index (χ2n) is 4.85. The number of hydrogen-bond donors (Lipinski definition) is 2. The lowest BCUT2D eigenvalue weighted by molar-refractivity contribution is 0.102. The molecule has 3 N–H and O–H groups in total. The van der Waals surface area contributed by atoms with Gasteiger partial charge in [0, 0.05) is 10.2 Å². The molecule has 5 heteroatoms. The molecule has 0 spiro atoms. The molecule has 2 rings (SSSR count). The number of halogens is 1. The van der Waals surface area contributed by atoms with E-state index in [-0.39, 0.29) is 12.0 Å². The van der Waals surface area contributed by atoms with Gasteiger partial charge in [-0.15, -0.1) is 0 Å². The average Bonchev–Trinajstić information content (AvgIpc) is 2.43. The smallest absolute Gasteiger partial charge is 0.257 e. The van der Waals surface area contributed by atoms with E-state index in [1.165, 1.54) is 0 Å². The number of para-hydroxylation sites is 2. The SMILES string of the molecule is CC(C)Oc1ccccc1NC(=O)c1cc(Br)ccc1N. The van der Waals surface area contributed by atoms with Gasteiger partial charge in [-0.05, 0) is 44.2 Å². The van der Waals surface area contributed by atoms with Crippen molar-refractivity contribution in [2.24, 2.45) is 0 Å². The first-order valence-electron chi connectivity index (χ1n) is 6.59. The Kier molecular flexibility index (Phi) is 4.85. The summed E-state index contributed by atoms with van der Waals surface area (Å²) in [7, 11) is 0. The molecule has 0 unspecified atom stereocenters. The molecule has 0 saturated heterocycles. The van der Waals surface area contributed by atoms with E-state index >= 15 is 0 Å². The first-order valence-corrected chi connectivity index (χ1v) is 7.38. The predicted octanol–water partition coefficient (Wildman–Crippen LogP) is 4.07. The van der Waals surface area contributed by atoms with Crippen molar-refractivity contribution < 1.29 is 9.53 Å². The number of benzene rings is 2. The van der Waals surface area contributed by atoms with Crippen molar-refractivity contribution in [3.8, 4) is 5.75 Å². The third kappa shape index (κ3) is 3.98. The van der Waals surface area contributed by atoms with Crippen molar-refractivity contribution in [1.82, 2.24) is 0 Å². The van der Waals surface area contributed by atoms with Gasteiger partial charge in [-0.25, -0.2) is 0 Å². The van der Waals surface area contributed by atoms with Crippen LogP contribution in [0.1, 0.15) is 24.2 Å². The van der Waals surface area contributed by atoms with Gasteiger partial charge in [-0.1, -0.05) is 28.1 Å². The molecule has 21 heavy (non-hydrogen) atoms. The van der Waals surface area contributed by atoms with E-state index in [9.17, 15) is 4.79 Å². The number of nitrogens with two attached hydrogens (primary N) is 1. The number of nitrogens with one attached hydrogen (secondary N) is 1. The molecular weight excluding hydrogens is 332 g/mol. The van der Waals surface area contributed by atoms with Crippen LogP contribution >= 0.6 is 15.9 Å². The lowest BCUT2D eigenvalue weighted by atomic mass is 10.1. The Morgan fingerprint density at radius 2 is 1.95 bits per heavy atom. The summed E-state index contributed by atoms with van der Waals surface area (Å²) in [5, 5.41) is 2.84. The summed E-state index contributed by atoms with van der Waals surface area (Å²) in [5.41, 5.74) is 7.32. The predicted molar refractivity (Wildman–Crippen MR) is 88.7 cm³/mol. The molecule has 2 aromatic rings. The Morgan fingerprint density at radius 1 is 1.24 bits per heavy atom. The van der Waals surface area contributed by atoms with Crippen molar-refractivity contribution >= 4 is 33.2 Å². The second-order valence-corrected chi connectivity index (χ2v) is 5.76. The molecule has 110 valence electrons. The third-order valence-corrected chi connectivity index (χ3v) is 3.25. The van der Waals surface area contributed by atoms with Crippen LogP contribution < -0.4 is 15.8 Å². The number of amides is 1. The van der Waals surface area contributed by atoms with Crippen molar-refractivity contribution in [3.05, 3.63) is 52.5 Å². The summed E-state index contributed by atoms with van der Waals surface area (Å²) >= 11 is 3.34. The van der Waals surface area contributed by atoms with Crippen LogP contribution in [0.4, 0.5) is 11.4 Å². The monoisotopic (exact) mass is 348 g/mol. The van der Waals surface area contributed by atoms with Gasteiger partial charge in [0.1, 0.15) is 5.75 Å². The summed E-state index contributed by atoms with van der Waals surface area (Å²) in [6, 6.07) is 12.5. The van der Waals surface area contributed by atoms with Gasteiger partial charge in [0.2, 0.25) is 0 Å². The van der Waals surface area contributed by atoms with Crippen LogP contribution in [0, 0.1) is 0 Å². The summed E-state index contributed by atoms with van der Waals surface area (Å²) in [5.74, 6) is 0.364. The van der Waals surface area contributed by atoms with Gasteiger partial charge in [-0.2, -0.15) is 0 Å². The fraction of sp³-hybridized carbons (Fsp3) is 0.188. The van der Waals surface area contributed by atoms with Crippen molar-refractivity contribution in [1.29, 1.82) is 0 Å². The highest BCUT2D eigenvalue weighted by Crippen LogP contribution is 2.26. The van der Waals surface area contributed by atoms with Gasteiger partial charge in [0.05, 0.1) is 17.4 Å². The molecule has 0 saturated carbocycles. The number of carbonyl (C=O) groups is 1. The van der Waals surface area contributed by atoms with Crippen LogP contribution in [-0.2, 0) is 0 Å². The molecule has 0 aliphatic carbocycles. The maximum atomic E-state index is 12.4. The van der Waals surface area contributed by atoms with Crippen LogP contribution in [0.2, 0.25) is 0 Å². The van der Waals surface area contributed by atoms with Crippen LogP contribution in [0.3, 0.4) is 0 Å². The van der Waals surface area contributed by atoms with Crippen molar-refractivity contribution in [2.45, 2.75) is 20.0 Å². The zero-order valence-electron chi connectivity index (χ0n) is 11.9. The fourth-order valence-corrected chi connectivity index (χ4v) is 2.20. The maximum absolute atomic E-state index is 12.4. The minimum atomic E-state index is -0.270. The van der Waals surface area contributed by atoms with Crippen LogP contribution in [0.15, 0.2) is 46.9 Å². The van der Waals surface area contributed by atoms with Crippen molar-refractivity contribution in [3.63, 3.8) is 0 Å². The number of hydrogen-bond acceptors (Lipinski definition) is 3. The van der Waals surface area contributed by atoms with Crippen molar-refractivity contribution in [2.75, 3.05) is 11.1 Å². The molecule has 0 fully saturated rings. The number of anilines is 2. The second kappa shape index (κ2) is 6.63. The third-order valence-electron chi connectivity index (χ3n) is 2.76. The molecule has 0 aliphatic heterocycles.